The van der Waals surface area contributed by atoms with Crippen molar-refractivity contribution in [1.29, 1.82) is 0 Å². The molecule has 4 heteroatoms. The number of rotatable bonds is 6. The van der Waals surface area contributed by atoms with Crippen LogP contribution in [0.1, 0.15) is 32.9 Å². The molecule has 88 valence electrons. The summed E-state index contributed by atoms with van der Waals surface area (Å²) in [4.78, 5) is 19.0. The van der Waals surface area contributed by atoms with Crippen LogP contribution in [0.25, 0.3) is 0 Å². The summed E-state index contributed by atoms with van der Waals surface area (Å²) < 4.78 is 5.13. The molecule has 0 aliphatic heterocycles. The van der Waals surface area contributed by atoms with Gasteiger partial charge < -0.3 is 4.74 Å². The van der Waals surface area contributed by atoms with Gasteiger partial charge in [0.2, 0.25) is 5.88 Å². The molecule has 0 fully saturated rings. The van der Waals surface area contributed by atoms with Crippen LogP contribution in [0.3, 0.4) is 0 Å². The topological polar surface area (TPSA) is 52.1 Å². The second kappa shape index (κ2) is 6.20. The summed E-state index contributed by atoms with van der Waals surface area (Å²) in [7, 11) is 0. The zero-order chi connectivity index (χ0) is 12.0. The van der Waals surface area contributed by atoms with Crippen molar-refractivity contribution in [3.8, 4) is 5.88 Å². The highest BCUT2D eigenvalue weighted by Crippen LogP contribution is 2.10. The fourth-order valence-electron chi connectivity index (χ4n) is 1.20. The van der Waals surface area contributed by atoms with Crippen LogP contribution in [0.2, 0.25) is 0 Å². The molecule has 1 aromatic heterocycles. The number of hydrogen-bond acceptors (Lipinski definition) is 4. The van der Waals surface area contributed by atoms with Crippen LogP contribution in [0.4, 0.5) is 0 Å². The lowest BCUT2D eigenvalue weighted by Crippen LogP contribution is -2.08. The molecule has 0 radical (unpaired) electrons. The Labute approximate surface area is 96.1 Å². The van der Waals surface area contributed by atoms with Crippen molar-refractivity contribution in [2.45, 2.75) is 33.6 Å². The minimum absolute atomic E-state index is 0.0227. The number of ketones is 1. The quantitative estimate of drug-likeness (QED) is 0.739. The molecular weight excluding hydrogens is 204 g/mol. The number of hydrogen-bond donors (Lipinski definition) is 0. The summed E-state index contributed by atoms with van der Waals surface area (Å²) in [5.74, 6) is 0.992. The third-order valence-electron chi connectivity index (χ3n) is 2.36. The van der Waals surface area contributed by atoms with Crippen molar-refractivity contribution in [1.82, 2.24) is 9.97 Å². The van der Waals surface area contributed by atoms with Crippen molar-refractivity contribution in [2.75, 3.05) is 6.61 Å². The van der Waals surface area contributed by atoms with Gasteiger partial charge in [0.25, 0.3) is 0 Å². The van der Waals surface area contributed by atoms with Gasteiger partial charge in [-0.15, -0.1) is 0 Å². The van der Waals surface area contributed by atoms with Crippen LogP contribution in [-0.4, -0.2) is 22.4 Å². The molecule has 0 aliphatic rings. The fourth-order valence-corrected chi connectivity index (χ4v) is 1.20. The normalized spacial score (nSPS) is 12.2. The summed E-state index contributed by atoms with van der Waals surface area (Å²) in [5.41, 5.74) is 0.963. The Morgan fingerprint density at radius 1 is 1.44 bits per heavy atom. The lowest BCUT2D eigenvalue weighted by Gasteiger charge is -2.07. The molecule has 0 bridgehead atoms. The van der Waals surface area contributed by atoms with Gasteiger partial charge in [0.15, 0.2) is 5.78 Å². The molecule has 1 unspecified atom stereocenters. The second-order valence-corrected chi connectivity index (χ2v) is 4.05. The Kier molecular flexibility index (Phi) is 4.89. The van der Waals surface area contributed by atoms with E-state index in [0.717, 1.165) is 18.5 Å². The Bertz CT molecular complexity index is 335. The highest BCUT2D eigenvalue weighted by Gasteiger charge is 2.04. The molecule has 0 saturated heterocycles. The Hall–Kier alpha value is -1.45. The van der Waals surface area contributed by atoms with Crippen LogP contribution in [0.5, 0.6) is 5.88 Å². The van der Waals surface area contributed by atoms with Crippen molar-refractivity contribution in [3.63, 3.8) is 0 Å². The molecule has 0 aliphatic carbocycles. The van der Waals surface area contributed by atoms with E-state index in [4.69, 9.17) is 4.74 Å². The summed E-state index contributed by atoms with van der Waals surface area (Å²) in [6.45, 7) is 5.87. The van der Waals surface area contributed by atoms with E-state index in [2.05, 4.69) is 23.8 Å². The number of carbonyl (C=O) groups is 1. The molecule has 1 rings (SSSR count). The van der Waals surface area contributed by atoms with Gasteiger partial charge in [-0.2, -0.15) is 0 Å². The number of aromatic nitrogens is 2. The molecule has 0 N–H and O–H groups in total. The predicted molar refractivity (Wildman–Crippen MR) is 61.4 cm³/mol. The van der Waals surface area contributed by atoms with Crippen LogP contribution in [-0.2, 0) is 11.2 Å². The molecule has 4 nitrogen and oxygen atoms in total. The van der Waals surface area contributed by atoms with E-state index in [1.165, 1.54) is 6.92 Å². The molecule has 0 amide bonds. The van der Waals surface area contributed by atoms with Gasteiger partial charge in [0.05, 0.1) is 18.1 Å². The number of carbonyl (C=O) groups excluding carboxylic acids is 1. The average molecular weight is 222 g/mol. The highest BCUT2D eigenvalue weighted by atomic mass is 16.5. The van der Waals surface area contributed by atoms with E-state index in [0.29, 0.717) is 11.8 Å². The van der Waals surface area contributed by atoms with Crippen LogP contribution >= 0.6 is 0 Å². The zero-order valence-corrected chi connectivity index (χ0v) is 10.1. The maximum Gasteiger partial charge on any atom is 0.232 e. The third kappa shape index (κ3) is 4.38. The number of nitrogens with zero attached hydrogens (tertiary/aromatic N) is 2. The minimum atomic E-state index is -0.0227. The first kappa shape index (κ1) is 12.6. The SMILES string of the molecule is CCC(C)Cc1cnc(OCC(C)=O)cn1. The number of ether oxygens (including phenoxy) is 1. The second-order valence-electron chi connectivity index (χ2n) is 4.05. The monoisotopic (exact) mass is 222 g/mol. The van der Waals surface area contributed by atoms with Gasteiger partial charge >= 0.3 is 0 Å². The predicted octanol–water partition coefficient (Wildman–Crippen LogP) is 2.03. The molecule has 1 aromatic rings. The van der Waals surface area contributed by atoms with Gasteiger partial charge in [-0.05, 0) is 19.3 Å². The Balaban J connectivity index is 2.50. The third-order valence-corrected chi connectivity index (χ3v) is 2.36. The largest absolute Gasteiger partial charge is 0.469 e. The molecule has 1 heterocycles. The molecule has 16 heavy (non-hydrogen) atoms. The minimum Gasteiger partial charge on any atom is -0.469 e. The maximum absolute atomic E-state index is 10.7. The first-order chi connectivity index (χ1) is 7.61. The standard InChI is InChI=1S/C12H18N2O2/c1-4-9(2)5-11-6-14-12(7-13-11)16-8-10(3)15/h6-7,9H,4-5,8H2,1-3H3. The van der Waals surface area contributed by atoms with Crippen molar-refractivity contribution < 1.29 is 9.53 Å². The van der Waals surface area contributed by atoms with E-state index < -0.39 is 0 Å². The highest BCUT2D eigenvalue weighted by molar-refractivity contribution is 5.76. The first-order valence-corrected chi connectivity index (χ1v) is 5.55. The first-order valence-electron chi connectivity index (χ1n) is 5.55. The van der Waals surface area contributed by atoms with E-state index >= 15 is 0 Å². The Morgan fingerprint density at radius 3 is 2.69 bits per heavy atom. The van der Waals surface area contributed by atoms with E-state index in [1.807, 2.05) is 0 Å². The number of Topliss-reactive ketones (excluding diaryl/α,β-unsaturated/α-hetero) is 1. The smallest absolute Gasteiger partial charge is 0.232 e. The Morgan fingerprint density at radius 2 is 2.19 bits per heavy atom. The van der Waals surface area contributed by atoms with E-state index in [1.54, 1.807) is 12.4 Å². The fraction of sp³-hybridized carbons (Fsp3) is 0.583. The van der Waals surface area contributed by atoms with Gasteiger partial charge in [-0.1, -0.05) is 20.3 Å². The van der Waals surface area contributed by atoms with Crippen molar-refractivity contribution >= 4 is 5.78 Å². The van der Waals surface area contributed by atoms with Crippen LogP contribution in [0.15, 0.2) is 12.4 Å². The summed E-state index contributed by atoms with van der Waals surface area (Å²) in [5, 5.41) is 0. The van der Waals surface area contributed by atoms with Gasteiger partial charge in [0, 0.05) is 0 Å². The van der Waals surface area contributed by atoms with Gasteiger partial charge in [-0.25, -0.2) is 4.98 Å². The summed E-state index contributed by atoms with van der Waals surface area (Å²) in [6.07, 6.45) is 5.34. The van der Waals surface area contributed by atoms with Crippen LogP contribution in [0, 0.1) is 5.92 Å². The molecule has 1 atom stereocenters. The molecule has 0 aromatic carbocycles. The van der Waals surface area contributed by atoms with Crippen molar-refractivity contribution in [2.24, 2.45) is 5.92 Å². The van der Waals surface area contributed by atoms with Gasteiger partial charge in [-0.3, -0.25) is 9.78 Å². The zero-order valence-electron chi connectivity index (χ0n) is 10.1. The molecule has 0 saturated carbocycles. The average Bonchev–Trinajstić information content (AvgIpc) is 2.28. The lowest BCUT2D eigenvalue weighted by atomic mass is 10.0. The van der Waals surface area contributed by atoms with E-state index in [9.17, 15) is 4.79 Å². The maximum atomic E-state index is 10.7. The molecular formula is C12H18N2O2. The van der Waals surface area contributed by atoms with Crippen molar-refractivity contribution in [3.05, 3.63) is 18.1 Å². The van der Waals surface area contributed by atoms with Crippen LogP contribution < -0.4 is 4.74 Å². The van der Waals surface area contributed by atoms with E-state index in [-0.39, 0.29) is 12.4 Å². The van der Waals surface area contributed by atoms with Gasteiger partial charge in [0.1, 0.15) is 6.61 Å². The molecule has 0 spiro atoms. The lowest BCUT2D eigenvalue weighted by molar-refractivity contribution is -0.119. The summed E-state index contributed by atoms with van der Waals surface area (Å²) in [6, 6.07) is 0. The summed E-state index contributed by atoms with van der Waals surface area (Å²) >= 11 is 0.